The summed E-state index contributed by atoms with van der Waals surface area (Å²) >= 11 is 3.10. The maximum atomic E-state index is 11.7. The smallest absolute Gasteiger partial charge is 0.278 e. The molecule has 9 heteroatoms. The molecule has 0 aromatic rings. The number of nitrogens with one attached hydrogen (secondary N) is 2. The molecule has 0 aliphatic rings. The van der Waals surface area contributed by atoms with Crippen LogP contribution in [0.3, 0.4) is 0 Å². The number of quaternary nitrogens is 1. The second-order valence-corrected chi connectivity index (χ2v) is 6.39. The molecule has 0 aromatic heterocycles. The van der Waals surface area contributed by atoms with E-state index in [0.717, 1.165) is 5.75 Å². The molecule has 5 N–H and O–H groups in total. The van der Waals surface area contributed by atoms with E-state index in [4.69, 9.17) is 0 Å². The molecule has 0 saturated carbocycles. The first kappa shape index (κ1) is 20.1. The van der Waals surface area contributed by atoms with Crippen LogP contribution in [0.25, 0.3) is 0 Å². The van der Waals surface area contributed by atoms with Crippen molar-refractivity contribution in [2.24, 2.45) is 0 Å². The molecule has 0 radical (unpaired) electrons. The predicted molar refractivity (Wildman–Crippen MR) is 82.6 cm³/mol. The first-order valence-corrected chi connectivity index (χ1v) is 9.30. The van der Waals surface area contributed by atoms with Gasteiger partial charge >= 0.3 is 0 Å². The molecule has 0 aliphatic carbocycles. The van der Waals surface area contributed by atoms with E-state index in [-0.39, 0.29) is 18.9 Å². The molecule has 2 atom stereocenters. The molecule has 2 amide bonds. The first-order valence-electron chi connectivity index (χ1n) is 6.51. The van der Waals surface area contributed by atoms with E-state index < -0.39 is 24.0 Å². The van der Waals surface area contributed by atoms with Crippen molar-refractivity contribution >= 4 is 41.3 Å². The highest BCUT2D eigenvalue weighted by atomic mass is 32.2. The molecule has 0 saturated heterocycles. The zero-order valence-corrected chi connectivity index (χ0v) is 14.0. The SMILES string of the molecule is CSCC[C@H](NC(=O)CNC(=O)[C@@H]([NH3+])CCSC)C(=O)[O-]. The summed E-state index contributed by atoms with van der Waals surface area (Å²) in [5, 5.41) is 15.7. The number of rotatable bonds is 11. The van der Waals surface area contributed by atoms with Gasteiger partial charge in [-0.3, -0.25) is 9.59 Å². The van der Waals surface area contributed by atoms with Crippen LogP contribution in [0, 0.1) is 0 Å². The Labute approximate surface area is 133 Å². The summed E-state index contributed by atoms with van der Waals surface area (Å²) in [6.45, 7) is -0.257. The summed E-state index contributed by atoms with van der Waals surface area (Å²) in [7, 11) is 0. The Bertz CT molecular complexity index is 355. The summed E-state index contributed by atoms with van der Waals surface area (Å²) in [6, 6.07) is -1.45. The van der Waals surface area contributed by atoms with Gasteiger partial charge in [0.15, 0.2) is 6.04 Å². The minimum atomic E-state index is -1.32. The fraction of sp³-hybridized carbons (Fsp3) is 0.750. The van der Waals surface area contributed by atoms with E-state index in [9.17, 15) is 19.5 Å². The van der Waals surface area contributed by atoms with Gasteiger partial charge in [-0.05, 0) is 30.4 Å². The minimum Gasteiger partial charge on any atom is -0.548 e. The van der Waals surface area contributed by atoms with Crippen LogP contribution < -0.4 is 21.5 Å². The third-order valence-corrected chi connectivity index (χ3v) is 3.98. The lowest BCUT2D eigenvalue weighted by molar-refractivity contribution is -0.403. The van der Waals surface area contributed by atoms with Gasteiger partial charge in [-0.15, -0.1) is 0 Å². The minimum absolute atomic E-state index is 0.257. The molecule has 7 nitrogen and oxygen atoms in total. The van der Waals surface area contributed by atoms with Gasteiger partial charge in [-0.2, -0.15) is 23.5 Å². The standard InChI is InChI=1S/C12H23N3O4S2/c1-20-5-3-8(13)11(17)14-7-10(16)15-9(12(18)19)4-6-21-2/h8-9H,3-7,13H2,1-2H3,(H,14,17)(H,15,16)(H,18,19)/t8-,9-/m0/s1. The number of thioether (sulfide) groups is 2. The fourth-order valence-electron chi connectivity index (χ4n) is 1.43. The Morgan fingerprint density at radius 1 is 1.14 bits per heavy atom. The van der Waals surface area contributed by atoms with Crippen molar-refractivity contribution in [2.45, 2.75) is 24.9 Å². The monoisotopic (exact) mass is 337 g/mol. The van der Waals surface area contributed by atoms with E-state index in [1.165, 1.54) is 11.8 Å². The lowest BCUT2D eigenvalue weighted by Gasteiger charge is -2.19. The van der Waals surface area contributed by atoms with Gasteiger partial charge in [-0.1, -0.05) is 0 Å². The van der Waals surface area contributed by atoms with Crippen molar-refractivity contribution in [3.05, 3.63) is 0 Å². The van der Waals surface area contributed by atoms with Gasteiger partial charge < -0.3 is 26.3 Å². The summed E-state index contributed by atoms with van der Waals surface area (Å²) < 4.78 is 0. The van der Waals surface area contributed by atoms with Crippen molar-refractivity contribution in [2.75, 3.05) is 30.6 Å². The van der Waals surface area contributed by atoms with Crippen molar-refractivity contribution in [1.82, 2.24) is 10.6 Å². The van der Waals surface area contributed by atoms with Crippen LogP contribution in [0.15, 0.2) is 0 Å². The van der Waals surface area contributed by atoms with Crippen molar-refractivity contribution < 1.29 is 25.2 Å². The highest BCUT2D eigenvalue weighted by Crippen LogP contribution is 2.00. The van der Waals surface area contributed by atoms with Gasteiger partial charge in [0.1, 0.15) is 0 Å². The number of hydrogen-bond donors (Lipinski definition) is 3. The number of carbonyl (C=O) groups excluding carboxylic acids is 3. The molecule has 0 fully saturated rings. The van der Waals surface area contributed by atoms with Gasteiger partial charge in [-0.25, -0.2) is 0 Å². The molecule has 0 aromatic carbocycles. The van der Waals surface area contributed by atoms with Gasteiger partial charge in [0.05, 0.1) is 18.6 Å². The second-order valence-electron chi connectivity index (χ2n) is 4.42. The van der Waals surface area contributed by atoms with Crippen molar-refractivity contribution in [1.29, 1.82) is 0 Å². The van der Waals surface area contributed by atoms with Crippen LogP contribution in [0.2, 0.25) is 0 Å². The summed E-state index contributed by atoms with van der Waals surface area (Å²) in [5.74, 6) is -0.765. The Hall–Kier alpha value is -0.930. The number of aliphatic carboxylic acids is 1. The van der Waals surface area contributed by atoms with E-state index >= 15 is 0 Å². The third kappa shape index (κ3) is 9.59. The lowest BCUT2D eigenvalue weighted by atomic mass is 10.2. The van der Waals surface area contributed by atoms with Crippen molar-refractivity contribution in [3.63, 3.8) is 0 Å². The number of carboxylic acids is 1. The maximum Gasteiger partial charge on any atom is 0.278 e. The average Bonchev–Trinajstić information content (AvgIpc) is 2.45. The lowest BCUT2D eigenvalue weighted by Crippen LogP contribution is -2.68. The van der Waals surface area contributed by atoms with Crippen LogP contribution in [-0.4, -0.2) is 60.4 Å². The van der Waals surface area contributed by atoms with Gasteiger partial charge in [0, 0.05) is 6.42 Å². The molecule has 0 unspecified atom stereocenters. The topological polar surface area (TPSA) is 126 Å². The highest BCUT2D eigenvalue weighted by molar-refractivity contribution is 7.98. The van der Waals surface area contributed by atoms with Gasteiger partial charge in [0.25, 0.3) is 5.91 Å². The molecule has 0 aliphatic heterocycles. The zero-order chi connectivity index (χ0) is 16.3. The first-order chi connectivity index (χ1) is 9.92. The van der Waals surface area contributed by atoms with E-state index in [1.807, 2.05) is 12.5 Å². The Balaban J connectivity index is 4.11. The van der Waals surface area contributed by atoms with Crippen LogP contribution in [-0.2, 0) is 14.4 Å². The Kier molecular flexibility index (Phi) is 11.2. The molecule has 21 heavy (non-hydrogen) atoms. The molecular formula is C12H23N3O4S2. The van der Waals surface area contributed by atoms with E-state index in [0.29, 0.717) is 12.2 Å². The highest BCUT2D eigenvalue weighted by Gasteiger charge is 2.18. The maximum absolute atomic E-state index is 11.7. The molecule has 0 rings (SSSR count). The van der Waals surface area contributed by atoms with Crippen LogP contribution in [0.4, 0.5) is 0 Å². The second kappa shape index (κ2) is 11.7. The normalized spacial score (nSPS) is 13.3. The molecular weight excluding hydrogens is 314 g/mol. The largest absolute Gasteiger partial charge is 0.548 e. The molecule has 0 spiro atoms. The van der Waals surface area contributed by atoms with Crippen LogP contribution >= 0.6 is 23.5 Å². The van der Waals surface area contributed by atoms with E-state index in [1.54, 1.807) is 11.8 Å². The summed E-state index contributed by atoms with van der Waals surface area (Å²) in [4.78, 5) is 34.1. The number of hydrogen-bond acceptors (Lipinski definition) is 6. The quantitative estimate of drug-likeness (QED) is 0.381. The fourth-order valence-corrected chi connectivity index (χ4v) is 2.42. The van der Waals surface area contributed by atoms with E-state index in [2.05, 4.69) is 16.4 Å². The number of carboxylic acid groups (broad SMARTS) is 1. The molecule has 0 bridgehead atoms. The van der Waals surface area contributed by atoms with Gasteiger partial charge in [0.2, 0.25) is 5.91 Å². The van der Waals surface area contributed by atoms with Crippen LogP contribution in [0.5, 0.6) is 0 Å². The summed E-state index contributed by atoms with van der Waals surface area (Å²) in [6.07, 6.45) is 4.70. The molecule has 122 valence electrons. The van der Waals surface area contributed by atoms with Crippen LogP contribution in [0.1, 0.15) is 12.8 Å². The predicted octanol–water partition coefficient (Wildman–Crippen LogP) is -2.55. The average molecular weight is 337 g/mol. The Morgan fingerprint density at radius 3 is 2.24 bits per heavy atom. The number of amides is 2. The molecule has 0 heterocycles. The number of carbonyl (C=O) groups is 3. The Morgan fingerprint density at radius 2 is 1.71 bits per heavy atom. The zero-order valence-electron chi connectivity index (χ0n) is 12.3. The van der Waals surface area contributed by atoms with Crippen molar-refractivity contribution in [3.8, 4) is 0 Å². The third-order valence-electron chi connectivity index (χ3n) is 2.69. The summed E-state index contributed by atoms with van der Waals surface area (Å²) in [5.41, 5.74) is 3.72.